The second-order valence-corrected chi connectivity index (χ2v) is 4.68. The number of rotatable bonds is 4. The van der Waals surface area contributed by atoms with E-state index in [1.165, 1.54) is 36.4 Å². The Labute approximate surface area is 121 Å². The van der Waals surface area contributed by atoms with Crippen LogP contribution in [0.25, 0.3) is 0 Å². The molecule has 108 valence electrons. The molecule has 0 heterocycles. The molecule has 21 heavy (non-hydrogen) atoms. The molecule has 0 aliphatic rings. The molecule has 0 saturated carbocycles. The number of hydrogen-bond donors (Lipinski definition) is 1. The van der Waals surface area contributed by atoms with Crippen molar-refractivity contribution in [2.75, 3.05) is 0 Å². The third kappa shape index (κ3) is 3.56. The van der Waals surface area contributed by atoms with Gasteiger partial charge in [0.2, 0.25) is 0 Å². The van der Waals surface area contributed by atoms with Crippen molar-refractivity contribution in [1.82, 2.24) is 0 Å². The first-order chi connectivity index (χ1) is 10.0. The van der Waals surface area contributed by atoms with Gasteiger partial charge in [0, 0.05) is 17.2 Å². The minimum Gasteiger partial charge on any atom is -0.488 e. The van der Waals surface area contributed by atoms with E-state index < -0.39 is 17.7 Å². The summed E-state index contributed by atoms with van der Waals surface area (Å²) in [6, 6.07) is 9.56. The first kappa shape index (κ1) is 14.9. The summed E-state index contributed by atoms with van der Waals surface area (Å²) in [6.07, 6.45) is 0. The average molecular weight is 288 g/mol. The third-order valence-electron chi connectivity index (χ3n) is 3.02. The van der Waals surface area contributed by atoms with Crippen LogP contribution in [0.2, 0.25) is 0 Å². The zero-order valence-corrected chi connectivity index (χ0v) is 11.4. The molecule has 2 rings (SSSR count). The van der Waals surface area contributed by atoms with Crippen LogP contribution in [0, 0.1) is 23.0 Å². The van der Waals surface area contributed by atoms with Crippen LogP contribution in [0.4, 0.5) is 8.78 Å². The largest absolute Gasteiger partial charge is 0.488 e. The van der Waals surface area contributed by atoms with Crippen LogP contribution in [0.15, 0.2) is 36.4 Å². The first-order valence-electron chi connectivity index (χ1n) is 6.37. The molecular formula is C16H14F2N2O. The van der Waals surface area contributed by atoms with Crippen LogP contribution in [-0.4, -0.2) is 0 Å². The van der Waals surface area contributed by atoms with Crippen molar-refractivity contribution < 1.29 is 13.5 Å². The lowest BCUT2D eigenvalue weighted by Gasteiger charge is -2.14. The van der Waals surface area contributed by atoms with Crippen molar-refractivity contribution in [2.24, 2.45) is 5.73 Å². The minimum absolute atomic E-state index is 0.0628. The lowest BCUT2D eigenvalue weighted by Crippen LogP contribution is -2.09. The zero-order chi connectivity index (χ0) is 15.4. The first-order valence-corrected chi connectivity index (χ1v) is 6.37. The molecule has 0 aliphatic heterocycles. The second kappa shape index (κ2) is 6.33. The van der Waals surface area contributed by atoms with Crippen LogP contribution in [0.3, 0.4) is 0 Å². The van der Waals surface area contributed by atoms with Gasteiger partial charge in [0.1, 0.15) is 24.0 Å². The molecule has 2 aromatic rings. The van der Waals surface area contributed by atoms with E-state index in [4.69, 9.17) is 15.7 Å². The van der Waals surface area contributed by atoms with Gasteiger partial charge in [-0.1, -0.05) is 0 Å². The highest BCUT2D eigenvalue weighted by atomic mass is 19.1. The number of nitriles is 1. The second-order valence-electron chi connectivity index (χ2n) is 4.68. The Morgan fingerprint density at radius 1 is 1.24 bits per heavy atom. The maximum atomic E-state index is 13.7. The predicted molar refractivity (Wildman–Crippen MR) is 74.4 cm³/mol. The molecule has 0 amide bonds. The van der Waals surface area contributed by atoms with Crippen LogP contribution in [0.1, 0.15) is 29.7 Å². The van der Waals surface area contributed by atoms with Crippen molar-refractivity contribution in [1.29, 1.82) is 5.26 Å². The van der Waals surface area contributed by atoms with Crippen molar-refractivity contribution in [3.63, 3.8) is 0 Å². The highest BCUT2D eigenvalue weighted by Crippen LogP contribution is 2.26. The molecule has 1 atom stereocenters. The van der Waals surface area contributed by atoms with Crippen molar-refractivity contribution in [3.8, 4) is 11.8 Å². The van der Waals surface area contributed by atoms with Gasteiger partial charge >= 0.3 is 0 Å². The molecule has 0 fully saturated rings. The Kier molecular flexibility index (Phi) is 4.51. The maximum Gasteiger partial charge on any atom is 0.129 e. The summed E-state index contributed by atoms with van der Waals surface area (Å²) < 4.78 is 32.4. The highest BCUT2D eigenvalue weighted by molar-refractivity contribution is 5.37. The van der Waals surface area contributed by atoms with Gasteiger partial charge in [-0.3, -0.25) is 0 Å². The minimum atomic E-state index is -0.460. The van der Waals surface area contributed by atoms with E-state index in [0.717, 1.165) is 0 Å². The molecule has 1 unspecified atom stereocenters. The molecule has 0 radical (unpaired) electrons. The third-order valence-corrected chi connectivity index (χ3v) is 3.02. The summed E-state index contributed by atoms with van der Waals surface area (Å²) in [5.41, 5.74) is 6.88. The van der Waals surface area contributed by atoms with E-state index in [1.807, 2.05) is 6.07 Å². The predicted octanol–water partition coefficient (Wildman–Crippen LogP) is 3.44. The van der Waals surface area contributed by atoms with Crippen LogP contribution >= 0.6 is 0 Å². The Morgan fingerprint density at radius 3 is 2.67 bits per heavy atom. The summed E-state index contributed by atoms with van der Waals surface area (Å²) in [5.74, 6) is -0.473. The number of hydrogen-bond acceptors (Lipinski definition) is 3. The van der Waals surface area contributed by atoms with E-state index in [1.54, 1.807) is 6.92 Å². The van der Waals surface area contributed by atoms with Crippen LogP contribution in [-0.2, 0) is 6.61 Å². The van der Waals surface area contributed by atoms with E-state index >= 15 is 0 Å². The molecule has 0 spiro atoms. The molecule has 0 aliphatic carbocycles. The van der Waals surface area contributed by atoms with Crippen LogP contribution < -0.4 is 10.5 Å². The molecule has 2 N–H and O–H groups in total. The van der Waals surface area contributed by atoms with E-state index in [9.17, 15) is 8.78 Å². The summed E-state index contributed by atoms with van der Waals surface area (Å²) >= 11 is 0. The lowest BCUT2D eigenvalue weighted by atomic mass is 10.1. The fraction of sp³-hybridized carbons (Fsp3) is 0.188. The van der Waals surface area contributed by atoms with Gasteiger partial charge in [-0.15, -0.1) is 0 Å². The fourth-order valence-electron chi connectivity index (χ4n) is 1.92. The Hall–Kier alpha value is -2.45. The van der Waals surface area contributed by atoms with Crippen molar-refractivity contribution >= 4 is 0 Å². The number of halogens is 2. The van der Waals surface area contributed by atoms with E-state index in [0.29, 0.717) is 16.9 Å². The number of nitrogens with zero attached hydrogens (tertiary/aromatic N) is 1. The lowest BCUT2D eigenvalue weighted by molar-refractivity contribution is 0.295. The van der Waals surface area contributed by atoms with E-state index in [-0.39, 0.29) is 12.2 Å². The van der Waals surface area contributed by atoms with Crippen LogP contribution in [0.5, 0.6) is 5.75 Å². The Bertz CT molecular complexity index is 693. The average Bonchev–Trinajstić information content (AvgIpc) is 2.47. The SMILES string of the molecule is CC(N)c1cc(F)ccc1OCc1cc(C#N)ccc1F. The maximum absolute atomic E-state index is 13.7. The molecule has 0 bridgehead atoms. The van der Waals surface area contributed by atoms with Gasteiger partial charge in [0.15, 0.2) is 0 Å². The molecule has 5 heteroatoms. The number of ether oxygens (including phenoxy) is 1. The van der Waals surface area contributed by atoms with Gasteiger partial charge in [0.25, 0.3) is 0 Å². The summed E-state index contributed by atoms with van der Waals surface area (Å²) in [4.78, 5) is 0. The van der Waals surface area contributed by atoms with E-state index in [2.05, 4.69) is 0 Å². The highest BCUT2D eigenvalue weighted by Gasteiger charge is 2.11. The zero-order valence-electron chi connectivity index (χ0n) is 11.4. The van der Waals surface area contributed by atoms with Gasteiger partial charge in [-0.25, -0.2) is 8.78 Å². The molecular weight excluding hydrogens is 274 g/mol. The summed E-state index contributed by atoms with van der Waals surface area (Å²) in [7, 11) is 0. The molecule has 3 nitrogen and oxygen atoms in total. The van der Waals surface area contributed by atoms with Gasteiger partial charge in [-0.2, -0.15) is 5.26 Å². The molecule has 0 saturated heterocycles. The van der Waals surface area contributed by atoms with Gasteiger partial charge in [-0.05, 0) is 43.3 Å². The quantitative estimate of drug-likeness (QED) is 0.937. The topological polar surface area (TPSA) is 59.0 Å². The number of nitrogens with two attached hydrogens (primary N) is 1. The standard InChI is InChI=1S/C16H14F2N2O/c1-10(20)14-7-13(17)3-5-16(14)21-9-12-6-11(8-19)2-4-15(12)18/h2-7,10H,9,20H2,1H3. The summed E-state index contributed by atoms with van der Waals surface area (Å²) in [5, 5.41) is 8.81. The Morgan fingerprint density at radius 2 is 2.00 bits per heavy atom. The smallest absolute Gasteiger partial charge is 0.129 e. The van der Waals surface area contributed by atoms with Crippen molar-refractivity contribution in [3.05, 3.63) is 64.7 Å². The monoisotopic (exact) mass is 288 g/mol. The Balaban J connectivity index is 2.23. The summed E-state index contributed by atoms with van der Waals surface area (Å²) in [6.45, 7) is 1.64. The normalized spacial score (nSPS) is 11.8. The van der Waals surface area contributed by atoms with Crippen molar-refractivity contribution in [2.45, 2.75) is 19.6 Å². The van der Waals surface area contributed by atoms with Gasteiger partial charge < -0.3 is 10.5 Å². The van der Waals surface area contributed by atoms with Gasteiger partial charge in [0.05, 0.1) is 11.6 Å². The molecule has 0 aromatic heterocycles. The number of benzene rings is 2. The fourth-order valence-corrected chi connectivity index (χ4v) is 1.92. The molecule has 2 aromatic carbocycles.